The summed E-state index contributed by atoms with van der Waals surface area (Å²) in [5, 5.41) is 21.0. The van der Waals surface area contributed by atoms with Crippen molar-refractivity contribution in [3.8, 4) is 0 Å². The van der Waals surface area contributed by atoms with Crippen LogP contribution in [-0.4, -0.2) is 65.1 Å². The van der Waals surface area contributed by atoms with Gasteiger partial charge in [0.1, 0.15) is 19.2 Å². The summed E-state index contributed by atoms with van der Waals surface area (Å²) in [6, 6.07) is 7.04. The summed E-state index contributed by atoms with van der Waals surface area (Å²) >= 11 is 0. The van der Waals surface area contributed by atoms with Gasteiger partial charge in [-0.05, 0) is 45.4 Å². The summed E-state index contributed by atoms with van der Waals surface area (Å²) in [5.74, 6) is -1.49. The number of aliphatic hydroxyl groups excluding tert-OH is 1. The third-order valence-electron chi connectivity index (χ3n) is 3.91. The largest absolute Gasteiger partial charge is 0.384 e. The van der Waals surface area contributed by atoms with Crippen LogP contribution in [0.3, 0.4) is 0 Å². The third kappa shape index (κ3) is 5.15. The number of hydrogen-bond donors (Lipinski definition) is 2. The van der Waals surface area contributed by atoms with Crippen LogP contribution in [0, 0.1) is 6.92 Å². The van der Waals surface area contributed by atoms with Crippen LogP contribution in [-0.2, 0) is 4.57 Å². The normalized spacial score (nSPS) is 14.6. The van der Waals surface area contributed by atoms with Crippen molar-refractivity contribution < 1.29 is 19.7 Å². The highest BCUT2D eigenvalue weighted by atomic mass is 31.2. The zero-order valence-corrected chi connectivity index (χ0v) is 15.3. The highest BCUT2D eigenvalue weighted by Crippen LogP contribution is 2.41. The minimum Gasteiger partial charge on any atom is -0.384 e. The first-order valence-corrected chi connectivity index (χ1v) is 10.3. The minimum absolute atomic E-state index is 0.112. The maximum atomic E-state index is 12.5. The fraction of sp³-hybridized carbons (Fsp3) is 0.562. The molecule has 2 N–H and O–H groups in total. The van der Waals surface area contributed by atoms with Crippen LogP contribution < -0.4 is 0 Å². The molecule has 7 heteroatoms. The van der Waals surface area contributed by atoms with Gasteiger partial charge < -0.3 is 9.67 Å². The quantitative estimate of drug-likeness (QED) is 0.344. The van der Waals surface area contributed by atoms with Crippen LogP contribution in [0.4, 0.5) is 0 Å². The number of aryl methyl sites for hydroxylation is 1. The van der Waals surface area contributed by atoms with E-state index >= 15 is 0 Å². The number of benzene rings is 1. The Balaban J connectivity index is 2.90. The Labute approximate surface area is 138 Å². The van der Waals surface area contributed by atoms with Crippen molar-refractivity contribution in [2.75, 3.05) is 26.9 Å². The number of amides is 1. The molecule has 0 aliphatic carbocycles. The molecule has 130 valence electrons. The molecule has 0 saturated carbocycles. The van der Waals surface area contributed by atoms with E-state index in [0.29, 0.717) is 17.0 Å². The zero-order chi connectivity index (χ0) is 17.8. The van der Waals surface area contributed by atoms with Gasteiger partial charge in [0.25, 0.3) is 5.91 Å². The van der Waals surface area contributed by atoms with E-state index in [9.17, 15) is 19.7 Å². The predicted octanol–water partition coefficient (Wildman–Crippen LogP) is 2.44. The molecule has 0 saturated heterocycles. The van der Waals surface area contributed by atoms with Gasteiger partial charge in [-0.3, -0.25) is 14.9 Å². The van der Waals surface area contributed by atoms with Crippen molar-refractivity contribution >= 4 is 13.0 Å². The SMILES string of the molecule is CCC(N(C)CC(O)P(C)(C)=O)N(O)C(=O)c1ccccc1C. The number of carbonyl (C=O) groups is 1. The average molecular weight is 342 g/mol. The maximum Gasteiger partial charge on any atom is 0.279 e. The van der Waals surface area contributed by atoms with Crippen molar-refractivity contribution in [1.82, 2.24) is 9.96 Å². The van der Waals surface area contributed by atoms with Crippen molar-refractivity contribution in [2.45, 2.75) is 32.3 Å². The van der Waals surface area contributed by atoms with E-state index in [1.807, 2.05) is 13.0 Å². The number of hydrogen-bond acceptors (Lipinski definition) is 5. The summed E-state index contributed by atoms with van der Waals surface area (Å²) < 4.78 is 11.9. The molecule has 0 heterocycles. The van der Waals surface area contributed by atoms with E-state index in [2.05, 4.69) is 0 Å². The number of carbonyl (C=O) groups excluding carboxylic acids is 1. The molecule has 2 atom stereocenters. The van der Waals surface area contributed by atoms with Crippen LogP contribution in [0.1, 0.15) is 29.3 Å². The molecule has 0 radical (unpaired) electrons. The fourth-order valence-electron chi connectivity index (χ4n) is 2.32. The lowest BCUT2D eigenvalue weighted by molar-refractivity contribution is -0.132. The molecule has 0 aromatic heterocycles. The van der Waals surface area contributed by atoms with Gasteiger partial charge >= 0.3 is 0 Å². The number of likely N-dealkylation sites (N-methyl/N-ethyl adjacent to an activating group) is 1. The molecule has 0 aliphatic rings. The number of rotatable bonds is 7. The summed E-state index contributed by atoms with van der Waals surface area (Å²) in [6.07, 6.45) is -0.141. The van der Waals surface area contributed by atoms with Gasteiger partial charge in [0, 0.05) is 12.1 Å². The lowest BCUT2D eigenvalue weighted by Gasteiger charge is -2.34. The van der Waals surface area contributed by atoms with E-state index in [0.717, 1.165) is 5.56 Å². The standard InChI is InChI=1S/C16H27N2O4P/c1-6-14(17(3)11-15(19)23(4,5)22)18(21)16(20)13-10-8-7-9-12(13)2/h7-10,14-15,19,21H,6,11H2,1-5H3. The number of aliphatic hydroxyl groups is 1. The number of hydroxylamine groups is 2. The van der Waals surface area contributed by atoms with E-state index in [4.69, 9.17) is 0 Å². The van der Waals surface area contributed by atoms with Gasteiger partial charge in [-0.2, -0.15) is 0 Å². The van der Waals surface area contributed by atoms with Gasteiger partial charge in [-0.15, -0.1) is 0 Å². The molecule has 1 aromatic rings. The first kappa shape index (κ1) is 19.8. The lowest BCUT2D eigenvalue weighted by atomic mass is 10.1. The molecule has 23 heavy (non-hydrogen) atoms. The Kier molecular flexibility index (Phi) is 6.96. The highest BCUT2D eigenvalue weighted by molar-refractivity contribution is 7.62. The molecular weight excluding hydrogens is 315 g/mol. The maximum absolute atomic E-state index is 12.5. The molecule has 2 unspecified atom stereocenters. The lowest BCUT2D eigenvalue weighted by Crippen LogP contribution is -2.49. The van der Waals surface area contributed by atoms with Crippen molar-refractivity contribution in [3.63, 3.8) is 0 Å². The van der Waals surface area contributed by atoms with Crippen molar-refractivity contribution in [3.05, 3.63) is 35.4 Å². The molecule has 1 rings (SSSR count). The topological polar surface area (TPSA) is 81.1 Å². The Morgan fingerprint density at radius 2 is 1.87 bits per heavy atom. The predicted molar refractivity (Wildman–Crippen MR) is 91.3 cm³/mol. The molecule has 0 aliphatic heterocycles. The van der Waals surface area contributed by atoms with E-state index in [1.54, 1.807) is 37.1 Å². The van der Waals surface area contributed by atoms with Crippen LogP contribution in [0.15, 0.2) is 24.3 Å². The van der Waals surface area contributed by atoms with Gasteiger partial charge in [0.05, 0.1) is 0 Å². The van der Waals surface area contributed by atoms with E-state index in [1.165, 1.54) is 13.3 Å². The highest BCUT2D eigenvalue weighted by Gasteiger charge is 2.30. The fourth-order valence-corrected chi connectivity index (χ4v) is 2.97. The second-order valence-corrected chi connectivity index (χ2v) is 9.67. The molecule has 0 fully saturated rings. The zero-order valence-electron chi connectivity index (χ0n) is 14.4. The van der Waals surface area contributed by atoms with Gasteiger partial charge in [-0.1, -0.05) is 25.1 Å². The third-order valence-corrected chi connectivity index (χ3v) is 5.51. The summed E-state index contributed by atoms with van der Waals surface area (Å²) in [6.45, 7) is 6.78. The summed E-state index contributed by atoms with van der Waals surface area (Å²) in [4.78, 5) is 14.1. The second-order valence-electron chi connectivity index (χ2n) is 6.21. The monoisotopic (exact) mass is 342 g/mol. The Hall–Kier alpha value is -1.20. The average Bonchev–Trinajstić information content (AvgIpc) is 2.46. The minimum atomic E-state index is -2.65. The summed E-state index contributed by atoms with van der Waals surface area (Å²) in [7, 11) is -0.970. The Bertz CT molecular complexity index is 587. The summed E-state index contributed by atoms with van der Waals surface area (Å²) in [5.41, 5.74) is 1.21. The van der Waals surface area contributed by atoms with Crippen LogP contribution in [0.5, 0.6) is 0 Å². The molecular formula is C16H27N2O4P. The van der Waals surface area contributed by atoms with E-state index < -0.39 is 25.1 Å². The molecule has 1 amide bonds. The smallest absolute Gasteiger partial charge is 0.279 e. The first-order valence-electron chi connectivity index (χ1n) is 7.60. The van der Waals surface area contributed by atoms with Crippen molar-refractivity contribution in [2.24, 2.45) is 0 Å². The molecule has 0 bridgehead atoms. The Morgan fingerprint density at radius 1 is 1.30 bits per heavy atom. The second kappa shape index (κ2) is 8.06. The molecule has 6 nitrogen and oxygen atoms in total. The Morgan fingerprint density at radius 3 is 2.35 bits per heavy atom. The first-order chi connectivity index (χ1) is 10.6. The van der Waals surface area contributed by atoms with Crippen LogP contribution >= 0.6 is 7.14 Å². The van der Waals surface area contributed by atoms with Crippen LogP contribution in [0.2, 0.25) is 0 Å². The van der Waals surface area contributed by atoms with Gasteiger partial charge in [0.15, 0.2) is 0 Å². The molecule has 0 spiro atoms. The molecule has 1 aromatic carbocycles. The van der Waals surface area contributed by atoms with Gasteiger partial charge in [-0.25, -0.2) is 5.06 Å². The van der Waals surface area contributed by atoms with E-state index in [-0.39, 0.29) is 6.54 Å². The van der Waals surface area contributed by atoms with Crippen LogP contribution in [0.25, 0.3) is 0 Å². The van der Waals surface area contributed by atoms with Crippen molar-refractivity contribution in [1.29, 1.82) is 0 Å². The number of nitrogens with zero attached hydrogens (tertiary/aromatic N) is 2. The van der Waals surface area contributed by atoms with Gasteiger partial charge in [0.2, 0.25) is 0 Å².